The van der Waals surface area contributed by atoms with Gasteiger partial charge in [-0.15, -0.1) is 22.7 Å². The Morgan fingerprint density at radius 1 is 1.20 bits per heavy atom. The van der Waals surface area contributed by atoms with E-state index >= 15 is 0 Å². The minimum absolute atomic E-state index is 0.741. The third kappa shape index (κ3) is 3.51. The molecule has 2 heterocycles. The maximum absolute atomic E-state index is 3.75. The Hall–Kier alpha value is -0.640. The molecule has 2 aromatic heterocycles. The fraction of sp³-hybridized carbons (Fsp3) is 0.529. The first-order valence-corrected chi connectivity index (χ1v) is 9.45. The summed E-state index contributed by atoms with van der Waals surface area (Å²) >= 11 is 3.71. The molecule has 1 saturated carbocycles. The Morgan fingerprint density at radius 2 is 2.05 bits per heavy atom. The highest BCUT2D eigenvalue weighted by molar-refractivity contribution is 7.14. The normalized spacial score (nSPS) is 23.1. The van der Waals surface area contributed by atoms with E-state index in [9.17, 15) is 0 Å². The molecule has 1 N–H and O–H groups in total. The fourth-order valence-corrected chi connectivity index (χ4v) is 4.69. The molecule has 3 rings (SSSR count). The van der Waals surface area contributed by atoms with Crippen molar-refractivity contribution in [1.82, 2.24) is 5.32 Å². The first kappa shape index (κ1) is 14.3. The number of nitrogens with one attached hydrogen (secondary N) is 1. The van der Waals surface area contributed by atoms with Gasteiger partial charge in [0.25, 0.3) is 0 Å². The Bertz CT molecular complexity index is 507. The van der Waals surface area contributed by atoms with Gasteiger partial charge in [0.15, 0.2) is 0 Å². The first-order valence-electron chi connectivity index (χ1n) is 7.70. The van der Waals surface area contributed by atoms with Gasteiger partial charge in [0.05, 0.1) is 0 Å². The van der Waals surface area contributed by atoms with E-state index in [0.717, 1.165) is 18.5 Å². The van der Waals surface area contributed by atoms with Gasteiger partial charge < -0.3 is 5.32 Å². The van der Waals surface area contributed by atoms with Crippen molar-refractivity contribution in [2.75, 3.05) is 0 Å². The molecule has 0 radical (unpaired) electrons. The number of rotatable bonds is 5. The fourth-order valence-electron chi connectivity index (χ4n) is 3.07. The van der Waals surface area contributed by atoms with Crippen molar-refractivity contribution in [3.8, 4) is 10.4 Å². The Balaban J connectivity index is 1.50. The van der Waals surface area contributed by atoms with Crippen LogP contribution in [0.1, 0.15) is 43.9 Å². The van der Waals surface area contributed by atoms with E-state index in [1.54, 1.807) is 0 Å². The van der Waals surface area contributed by atoms with Gasteiger partial charge in [-0.1, -0.05) is 19.4 Å². The molecule has 20 heavy (non-hydrogen) atoms. The lowest BCUT2D eigenvalue weighted by Crippen LogP contribution is -2.32. The van der Waals surface area contributed by atoms with Crippen LogP contribution in [0.5, 0.6) is 0 Å². The Labute approximate surface area is 130 Å². The third-order valence-electron chi connectivity index (χ3n) is 4.45. The Kier molecular flexibility index (Phi) is 4.92. The number of hydrogen-bond donors (Lipinski definition) is 1. The number of thiophene rings is 2. The second kappa shape index (κ2) is 6.88. The van der Waals surface area contributed by atoms with E-state index in [4.69, 9.17) is 0 Å². The maximum atomic E-state index is 3.75. The van der Waals surface area contributed by atoms with Gasteiger partial charge in [-0.05, 0) is 54.5 Å². The molecule has 0 amide bonds. The molecule has 0 spiro atoms. The zero-order valence-corrected chi connectivity index (χ0v) is 13.7. The predicted molar refractivity (Wildman–Crippen MR) is 90.5 cm³/mol. The molecule has 0 saturated heterocycles. The summed E-state index contributed by atoms with van der Waals surface area (Å²) < 4.78 is 0. The Morgan fingerprint density at radius 3 is 2.75 bits per heavy atom. The molecule has 108 valence electrons. The molecule has 3 heteroatoms. The lowest BCUT2D eigenvalue weighted by atomic mass is 9.84. The average molecular weight is 306 g/mol. The summed E-state index contributed by atoms with van der Waals surface area (Å²) in [6.45, 7) is 3.37. The van der Waals surface area contributed by atoms with Crippen LogP contribution in [0, 0.1) is 5.92 Å². The summed E-state index contributed by atoms with van der Waals surface area (Å²) in [4.78, 5) is 2.85. The lowest BCUT2D eigenvalue weighted by molar-refractivity contribution is 0.285. The van der Waals surface area contributed by atoms with Crippen molar-refractivity contribution >= 4 is 22.7 Å². The lowest BCUT2D eigenvalue weighted by Gasteiger charge is -2.28. The highest BCUT2D eigenvalue weighted by Crippen LogP contribution is 2.30. The number of hydrogen-bond acceptors (Lipinski definition) is 3. The van der Waals surface area contributed by atoms with Gasteiger partial charge >= 0.3 is 0 Å². The highest BCUT2D eigenvalue weighted by atomic mass is 32.1. The second-order valence-electron chi connectivity index (χ2n) is 5.79. The van der Waals surface area contributed by atoms with Crippen LogP contribution in [-0.2, 0) is 6.54 Å². The SMILES string of the molecule is CCC1CCC(NCc2cc(-c3cccs3)cs2)CC1. The molecule has 0 aliphatic heterocycles. The first-order chi connectivity index (χ1) is 9.85. The van der Waals surface area contributed by atoms with Gasteiger partial charge in [-0.2, -0.15) is 0 Å². The van der Waals surface area contributed by atoms with Gasteiger partial charge in [0, 0.05) is 27.9 Å². The van der Waals surface area contributed by atoms with Crippen LogP contribution in [0.25, 0.3) is 10.4 Å². The summed E-state index contributed by atoms with van der Waals surface area (Å²) in [5, 5.41) is 8.19. The van der Waals surface area contributed by atoms with E-state index in [1.165, 1.54) is 47.4 Å². The van der Waals surface area contributed by atoms with Crippen LogP contribution < -0.4 is 5.32 Å². The van der Waals surface area contributed by atoms with Crippen LogP contribution in [-0.4, -0.2) is 6.04 Å². The largest absolute Gasteiger partial charge is 0.309 e. The van der Waals surface area contributed by atoms with E-state index in [1.807, 2.05) is 22.7 Å². The van der Waals surface area contributed by atoms with Crippen molar-refractivity contribution in [2.45, 2.75) is 51.6 Å². The van der Waals surface area contributed by atoms with Crippen LogP contribution in [0.4, 0.5) is 0 Å². The van der Waals surface area contributed by atoms with Crippen molar-refractivity contribution in [3.05, 3.63) is 33.8 Å². The molecular weight excluding hydrogens is 282 g/mol. The van der Waals surface area contributed by atoms with Crippen molar-refractivity contribution in [1.29, 1.82) is 0 Å². The maximum Gasteiger partial charge on any atom is 0.0351 e. The average Bonchev–Trinajstić information content (AvgIpc) is 3.16. The monoisotopic (exact) mass is 305 g/mol. The van der Waals surface area contributed by atoms with E-state index in [2.05, 4.69) is 41.2 Å². The van der Waals surface area contributed by atoms with Gasteiger partial charge in [0.1, 0.15) is 0 Å². The summed E-state index contributed by atoms with van der Waals surface area (Å²) in [5.74, 6) is 0.986. The zero-order chi connectivity index (χ0) is 13.8. The molecule has 1 aliphatic rings. The van der Waals surface area contributed by atoms with Crippen molar-refractivity contribution < 1.29 is 0 Å². The van der Waals surface area contributed by atoms with Gasteiger partial charge in [-0.3, -0.25) is 0 Å². The van der Waals surface area contributed by atoms with Crippen molar-refractivity contribution in [2.24, 2.45) is 5.92 Å². The summed E-state index contributed by atoms with van der Waals surface area (Å²) in [5.41, 5.74) is 1.39. The molecule has 1 aliphatic carbocycles. The predicted octanol–water partition coefficient (Wildman–Crippen LogP) is 5.54. The second-order valence-corrected chi connectivity index (χ2v) is 7.73. The molecule has 0 unspecified atom stereocenters. The zero-order valence-electron chi connectivity index (χ0n) is 12.1. The minimum Gasteiger partial charge on any atom is -0.309 e. The molecular formula is C17H23NS2. The molecule has 1 fully saturated rings. The van der Waals surface area contributed by atoms with Crippen LogP contribution in [0.3, 0.4) is 0 Å². The molecule has 1 nitrogen and oxygen atoms in total. The summed E-state index contributed by atoms with van der Waals surface area (Å²) in [7, 11) is 0. The van der Waals surface area contributed by atoms with Crippen molar-refractivity contribution in [3.63, 3.8) is 0 Å². The molecule has 2 aromatic rings. The van der Waals surface area contributed by atoms with Crippen LogP contribution in [0.15, 0.2) is 29.0 Å². The van der Waals surface area contributed by atoms with Crippen LogP contribution >= 0.6 is 22.7 Å². The topological polar surface area (TPSA) is 12.0 Å². The van der Waals surface area contributed by atoms with E-state index < -0.39 is 0 Å². The standard InChI is InChI=1S/C17H23NS2/c1-2-13-5-7-15(8-6-13)18-11-16-10-14(12-20-16)17-4-3-9-19-17/h3-4,9-10,12-13,15,18H,2,5-8,11H2,1H3. The van der Waals surface area contributed by atoms with Gasteiger partial charge in [-0.25, -0.2) is 0 Å². The summed E-state index contributed by atoms with van der Waals surface area (Å²) in [6, 6.07) is 7.42. The smallest absolute Gasteiger partial charge is 0.0351 e. The summed E-state index contributed by atoms with van der Waals surface area (Å²) in [6.07, 6.45) is 6.92. The van der Waals surface area contributed by atoms with Gasteiger partial charge in [0.2, 0.25) is 0 Å². The molecule has 0 atom stereocenters. The molecule has 0 aromatic carbocycles. The van der Waals surface area contributed by atoms with Crippen LogP contribution in [0.2, 0.25) is 0 Å². The highest BCUT2D eigenvalue weighted by Gasteiger charge is 2.19. The quantitative estimate of drug-likeness (QED) is 0.765. The van der Waals surface area contributed by atoms with E-state index in [0.29, 0.717) is 0 Å². The third-order valence-corrected chi connectivity index (χ3v) is 6.30. The minimum atomic E-state index is 0.741. The molecule has 0 bridgehead atoms. The van der Waals surface area contributed by atoms with E-state index in [-0.39, 0.29) is 0 Å².